The van der Waals surface area contributed by atoms with Gasteiger partial charge < -0.3 is 24.1 Å². The summed E-state index contributed by atoms with van der Waals surface area (Å²) in [6.45, 7) is 2.62. The molecule has 1 saturated heterocycles. The Morgan fingerprint density at radius 2 is 1.89 bits per heavy atom. The lowest BCUT2D eigenvalue weighted by molar-refractivity contribution is -0.133. The first-order valence-electron chi connectivity index (χ1n) is 6.11. The molecule has 0 aromatic heterocycles. The average molecular weight is 252 g/mol. The van der Waals surface area contributed by atoms with Crippen molar-refractivity contribution in [1.29, 1.82) is 0 Å². The molecule has 1 aromatic carbocycles. The van der Waals surface area contributed by atoms with Crippen LogP contribution in [0.15, 0.2) is 18.2 Å². The monoisotopic (exact) mass is 252 g/mol. The highest BCUT2D eigenvalue weighted by atomic mass is 16.6. The van der Waals surface area contributed by atoms with Crippen LogP contribution < -0.4 is 9.47 Å². The molecule has 0 bridgehead atoms. The molecule has 0 spiro atoms. The highest BCUT2D eigenvalue weighted by molar-refractivity contribution is 5.44. The van der Waals surface area contributed by atoms with Gasteiger partial charge in [0.2, 0.25) is 0 Å². The fraction of sp³-hybridized carbons (Fsp3) is 0.538. The van der Waals surface area contributed by atoms with Crippen molar-refractivity contribution in [2.24, 2.45) is 0 Å². The Morgan fingerprint density at radius 1 is 1.06 bits per heavy atom. The number of hydrogen-bond donors (Lipinski definition) is 1. The molecule has 3 rings (SSSR count). The molecule has 1 N–H and O–H groups in total. The van der Waals surface area contributed by atoms with Gasteiger partial charge in [-0.1, -0.05) is 6.07 Å². The summed E-state index contributed by atoms with van der Waals surface area (Å²) in [5.41, 5.74) is 0.759. The first-order chi connectivity index (χ1) is 8.84. The molecule has 5 nitrogen and oxygen atoms in total. The molecule has 5 heteroatoms. The van der Waals surface area contributed by atoms with Gasteiger partial charge in [0.15, 0.2) is 11.5 Å². The van der Waals surface area contributed by atoms with Gasteiger partial charge in [0.1, 0.15) is 25.4 Å². The van der Waals surface area contributed by atoms with Crippen LogP contribution in [0.1, 0.15) is 11.7 Å². The lowest BCUT2D eigenvalue weighted by Gasteiger charge is -2.28. The van der Waals surface area contributed by atoms with Crippen LogP contribution in [-0.2, 0) is 9.47 Å². The molecule has 0 saturated carbocycles. The van der Waals surface area contributed by atoms with Crippen LogP contribution in [0.2, 0.25) is 0 Å². The smallest absolute Gasteiger partial charge is 0.161 e. The Labute approximate surface area is 105 Å². The van der Waals surface area contributed by atoms with Gasteiger partial charge in [-0.2, -0.15) is 0 Å². The Kier molecular flexibility index (Phi) is 3.36. The number of benzene rings is 1. The largest absolute Gasteiger partial charge is 0.486 e. The van der Waals surface area contributed by atoms with Crippen molar-refractivity contribution in [2.75, 3.05) is 33.0 Å². The van der Waals surface area contributed by atoms with E-state index in [2.05, 4.69) is 0 Å². The second-order valence-electron chi connectivity index (χ2n) is 4.33. The van der Waals surface area contributed by atoms with Crippen molar-refractivity contribution < 1.29 is 24.1 Å². The molecule has 0 amide bonds. The molecule has 2 aliphatic heterocycles. The second-order valence-corrected chi connectivity index (χ2v) is 4.33. The third-order valence-electron chi connectivity index (χ3n) is 3.10. The van der Waals surface area contributed by atoms with Crippen molar-refractivity contribution >= 4 is 0 Å². The quantitative estimate of drug-likeness (QED) is 0.847. The fourth-order valence-corrected chi connectivity index (χ4v) is 2.15. The van der Waals surface area contributed by atoms with Crippen LogP contribution in [0.3, 0.4) is 0 Å². The number of rotatable bonds is 2. The summed E-state index contributed by atoms with van der Waals surface area (Å²) in [5, 5.41) is 10.2. The lowest BCUT2D eigenvalue weighted by atomic mass is 10.0. The molecule has 2 atom stereocenters. The van der Waals surface area contributed by atoms with Crippen LogP contribution >= 0.6 is 0 Å². The van der Waals surface area contributed by atoms with Crippen molar-refractivity contribution in [3.8, 4) is 11.5 Å². The predicted molar refractivity (Wildman–Crippen MR) is 63.0 cm³/mol. The van der Waals surface area contributed by atoms with E-state index in [1.54, 1.807) is 6.07 Å². The number of aliphatic hydroxyl groups is 1. The lowest BCUT2D eigenvalue weighted by Crippen LogP contribution is -2.33. The minimum Gasteiger partial charge on any atom is -0.486 e. The molecule has 2 aliphatic rings. The SMILES string of the molecule is OC(c1ccc2c(c1)OCCO2)C1COCCO1. The van der Waals surface area contributed by atoms with Gasteiger partial charge in [-0.3, -0.25) is 0 Å². The molecule has 18 heavy (non-hydrogen) atoms. The standard InChI is InChI=1S/C13H16O5/c14-13(12-8-15-3-4-18-12)9-1-2-10-11(7-9)17-6-5-16-10/h1-2,7,12-14H,3-6,8H2. The third kappa shape index (κ3) is 2.29. The second kappa shape index (κ2) is 5.14. The molecular weight excluding hydrogens is 236 g/mol. The summed E-state index contributed by atoms with van der Waals surface area (Å²) >= 11 is 0. The van der Waals surface area contributed by atoms with Gasteiger partial charge in [0, 0.05) is 0 Å². The number of hydrogen-bond acceptors (Lipinski definition) is 5. The number of aliphatic hydroxyl groups excluding tert-OH is 1. The van der Waals surface area contributed by atoms with Gasteiger partial charge in [0.05, 0.1) is 19.8 Å². The van der Waals surface area contributed by atoms with E-state index in [1.807, 2.05) is 12.1 Å². The summed E-state index contributed by atoms with van der Waals surface area (Å²) < 4.78 is 21.7. The van der Waals surface area contributed by atoms with Crippen LogP contribution in [0.4, 0.5) is 0 Å². The maximum Gasteiger partial charge on any atom is 0.161 e. The fourth-order valence-electron chi connectivity index (χ4n) is 2.15. The van der Waals surface area contributed by atoms with Crippen LogP contribution in [0.5, 0.6) is 11.5 Å². The van der Waals surface area contributed by atoms with E-state index < -0.39 is 6.10 Å². The Morgan fingerprint density at radius 3 is 2.67 bits per heavy atom. The average Bonchev–Trinajstić information content (AvgIpc) is 2.47. The first kappa shape index (κ1) is 11.8. The summed E-state index contributed by atoms with van der Waals surface area (Å²) in [4.78, 5) is 0. The molecule has 0 radical (unpaired) electrons. The molecule has 1 aromatic rings. The Hall–Kier alpha value is -1.30. The van der Waals surface area contributed by atoms with E-state index in [-0.39, 0.29) is 6.10 Å². The van der Waals surface area contributed by atoms with Gasteiger partial charge in [-0.05, 0) is 17.7 Å². The van der Waals surface area contributed by atoms with E-state index in [9.17, 15) is 5.11 Å². The maximum absolute atomic E-state index is 10.2. The first-order valence-corrected chi connectivity index (χ1v) is 6.11. The molecular formula is C13H16O5. The summed E-state index contributed by atoms with van der Waals surface area (Å²) in [5.74, 6) is 1.40. The van der Waals surface area contributed by atoms with Crippen molar-refractivity contribution in [1.82, 2.24) is 0 Å². The van der Waals surface area contributed by atoms with Crippen LogP contribution in [-0.4, -0.2) is 44.2 Å². The van der Waals surface area contributed by atoms with Gasteiger partial charge in [0.25, 0.3) is 0 Å². The van der Waals surface area contributed by atoms with Crippen molar-refractivity contribution in [3.05, 3.63) is 23.8 Å². The minimum atomic E-state index is -0.707. The van der Waals surface area contributed by atoms with E-state index >= 15 is 0 Å². The molecule has 2 unspecified atom stereocenters. The summed E-state index contributed by atoms with van der Waals surface area (Å²) in [6, 6.07) is 5.45. The molecule has 98 valence electrons. The van der Waals surface area contributed by atoms with E-state index in [0.717, 1.165) is 11.3 Å². The summed E-state index contributed by atoms with van der Waals surface area (Å²) in [6.07, 6.45) is -1.03. The van der Waals surface area contributed by atoms with E-state index in [4.69, 9.17) is 18.9 Å². The zero-order chi connectivity index (χ0) is 12.4. The third-order valence-corrected chi connectivity index (χ3v) is 3.10. The normalized spacial score (nSPS) is 24.6. The van der Waals surface area contributed by atoms with Crippen LogP contribution in [0, 0.1) is 0 Å². The Bertz CT molecular complexity index is 414. The van der Waals surface area contributed by atoms with Crippen molar-refractivity contribution in [2.45, 2.75) is 12.2 Å². The van der Waals surface area contributed by atoms with Crippen LogP contribution in [0.25, 0.3) is 0 Å². The maximum atomic E-state index is 10.2. The molecule has 1 fully saturated rings. The molecule has 0 aliphatic carbocycles. The zero-order valence-electron chi connectivity index (χ0n) is 10.0. The van der Waals surface area contributed by atoms with Gasteiger partial charge in [-0.15, -0.1) is 0 Å². The Balaban J connectivity index is 1.78. The zero-order valence-corrected chi connectivity index (χ0v) is 10.0. The van der Waals surface area contributed by atoms with E-state index in [0.29, 0.717) is 38.8 Å². The van der Waals surface area contributed by atoms with Crippen molar-refractivity contribution in [3.63, 3.8) is 0 Å². The number of fused-ring (bicyclic) bond motifs is 1. The highest BCUT2D eigenvalue weighted by Gasteiger charge is 2.26. The summed E-state index contributed by atoms with van der Waals surface area (Å²) in [7, 11) is 0. The minimum absolute atomic E-state index is 0.318. The van der Waals surface area contributed by atoms with Gasteiger partial charge in [-0.25, -0.2) is 0 Å². The van der Waals surface area contributed by atoms with Gasteiger partial charge >= 0.3 is 0 Å². The topological polar surface area (TPSA) is 57.2 Å². The van der Waals surface area contributed by atoms with E-state index in [1.165, 1.54) is 0 Å². The highest BCUT2D eigenvalue weighted by Crippen LogP contribution is 2.34. The number of ether oxygens (including phenoxy) is 4. The molecule has 2 heterocycles. The predicted octanol–water partition coefficient (Wildman–Crippen LogP) is 0.907.